The lowest BCUT2D eigenvalue weighted by Gasteiger charge is -2.08. The smallest absolute Gasteiger partial charge is 0.145 e. The molecule has 1 aromatic heterocycles. The van der Waals surface area contributed by atoms with E-state index in [1.54, 1.807) is 6.07 Å². The normalized spacial score (nSPS) is 15.6. The molecule has 1 saturated carbocycles. The zero-order valence-corrected chi connectivity index (χ0v) is 9.49. The van der Waals surface area contributed by atoms with Crippen LogP contribution in [0.25, 0.3) is 0 Å². The second kappa shape index (κ2) is 3.95. The first-order valence-electron chi connectivity index (χ1n) is 4.82. The molecule has 4 heteroatoms. The Morgan fingerprint density at radius 1 is 1.43 bits per heavy atom. The van der Waals surface area contributed by atoms with Crippen LogP contribution in [0.5, 0.6) is 0 Å². The summed E-state index contributed by atoms with van der Waals surface area (Å²) in [6.45, 7) is 2.84. The highest BCUT2D eigenvalue weighted by molar-refractivity contribution is 6.36. The Kier molecular flexibility index (Phi) is 2.84. The molecule has 1 fully saturated rings. The number of rotatable bonds is 3. The quantitative estimate of drug-likeness (QED) is 0.857. The largest absolute Gasteiger partial charge is 0.369 e. The molecule has 0 aromatic carbocycles. The van der Waals surface area contributed by atoms with Gasteiger partial charge in [-0.25, -0.2) is 4.98 Å². The van der Waals surface area contributed by atoms with Crippen molar-refractivity contribution in [1.82, 2.24) is 4.98 Å². The molecule has 1 N–H and O–H groups in total. The van der Waals surface area contributed by atoms with E-state index < -0.39 is 0 Å². The van der Waals surface area contributed by atoms with Gasteiger partial charge in [0.25, 0.3) is 0 Å². The number of anilines is 1. The van der Waals surface area contributed by atoms with Gasteiger partial charge in [-0.15, -0.1) is 0 Å². The van der Waals surface area contributed by atoms with Gasteiger partial charge in [0, 0.05) is 12.5 Å². The average Bonchev–Trinajstić information content (AvgIpc) is 2.93. The van der Waals surface area contributed by atoms with Crippen molar-refractivity contribution in [2.45, 2.75) is 25.7 Å². The van der Waals surface area contributed by atoms with Gasteiger partial charge in [-0.2, -0.15) is 0 Å². The molecule has 0 bridgehead atoms. The minimum Gasteiger partial charge on any atom is -0.369 e. The van der Waals surface area contributed by atoms with Gasteiger partial charge in [0.15, 0.2) is 0 Å². The number of hydrogen-bond acceptors (Lipinski definition) is 2. The monoisotopic (exact) mass is 230 g/mol. The molecule has 1 aromatic rings. The third-order valence-electron chi connectivity index (χ3n) is 2.26. The number of nitrogens with one attached hydrogen (secondary N) is 1. The van der Waals surface area contributed by atoms with Crippen LogP contribution < -0.4 is 5.32 Å². The van der Waals surface area contributed by atoms with E-state index in [-0.39, 0.29) is 0 Å². The van der Waals surface area contributed by atoms with Crippen LogP contribution in [-0.4, -0.2) is 11.5 Å². The summed E-state index contributed by atoms with van der Waals surface area (Å²) >= 11 is 12.1. The van der Waals surface area contributed by atoms with E-state index in [4.69, 9.17) is 23.2 Å². The molecule has 0 aliphatic heterocycles. The summed E-state index contributed by atoms with van der Waals surface area (Å²) in [6, 6.07) is 1.78. The first-order valence-corrected chi connectivity index (χ1v) is 5.57. The van der Waals surface area contributed by atoms with E-state index in [9.17, 15) is 0 Å². The fourth-order valence-corrected chi connectivity index (χ4v) is 1.99. The lowest BCUT2D eigenvalue weighted by molar-refractivity contribution is 1.01. The molecule has 0 atom stereocenters. The summed E-state index contributed by atoms with van der Waals surface area (Å²) in [6.07, 6.45) is 2.39. The number of aromatic nitrogens is 1. The second-order valence-electron chi connectivity index (χ2n) is 3.49. The van der Waals surface area contributed by atoms with E-state index in [1.165, 1.54) is 12.8 Å². The van der Waals surface area contributed by atoms with Gasteiger partial charge in [-0.1, -0.05) is 23.2 Å². The van der Waals surface area contributed by atoms with Crippen molar-refractivity contribution < 1.29 is 0 Å². The summed E-state index contributed by atoms with van der Waals surface area (Å²) in [4.78, 5) is 4.45. The van der Waals surface area contributed by atoms with Crippen LogP contribution in [0.2, 0.25) is 10.0 Å². The number of nitrogens with zero attached hydrogens (tertiary/aromatic N) is 1. The van der Waals surface area contributed by atoms with E-state index >= 15 is 0 Å². The molecule has 1 heterocycles. The second-order valence-corrected chi connectivity index (χ2v) is 4.30. The van der Waals surface area contributed by atoms with Crippen LogP contribution in [0.3, 0.4) is 0 Å². The number of halogens is 2. The van der Waals surface area contributed by atoms with Crippen molar-refractivity contribution >= 4 is 29.0 Å². The van der Waals surface area contributed by atoms with Gasteiger partial charge in [-0.3, -0.25) is 0 Å². The van der Waals surface area contributed by atoms with Gasteiger partial charge < -0.3 is 5.32 Å². The third-order valence-corrected chi connectivity index (χ3v) is 2.86. The fraction of sp³-hybridized carbons (Fsp3) is 0.500. The van der Waals surface area contributed by atoms with Crippen molar-refractivity contribution in [1.29, 1.82) is 0 Å². The molecule has 0 saturated heterocycles. The minimum absolute atomic E-state index is 0.553. The Bertz CT molecular complexity index is 348. The van der Waals surface area contributed by atoms with E-state index in [0.717, 1.165) is 18.1 Å². The molecule has 76 valence electrons. The topological polar surface area (TPSA) is 24.9 Å². The van der Waals surface area contributed by atoms with Crippen molar-refractivity contribution in [3.05, 3.63) is 21.8 Å². The fourth-order valence-electron chi connectivity index (χ4n) is 1.42. The molecular weight excluding hydrogens is 219 g/mol. The highest BCUT2D eigenvalue weighted by Gasteiger charge is 2.28. The third kappa shape index (κ3) is 1.96. The molecule has 0 amide bonds. The van der Waals surface area contributed by atoms with Gasteiger partial charge >= 0.3 is 0 Å². The minimum atomic E-state index is 0.553. The zero-order valence-electron chi connectivity index (χ0n) is 7.98. The van der Waals surface area contributed by atoms with Crippen molar-refractivity contribution in [2.75, 3.05) is 11.9 Å². The SMILES string of the molecule is CCNc1nc(C2CC2)c(Cl)cc1Cl. The summed E-state index contributed by atoms with van der Waals surface area (Å²) in [5.41, 5.74) is 0.993. The van der Waals surface area contributed by atoms with Crippen molar-refractivity contribution in [2.24, 2.45) is 0 Å². The summed E-state index contributed by atoms with van der Waals surface area (Å²) in [5.74, 6) is 1.30. The zero-order chi connectivity index (χ0) is 10.1. The highest BCUT2D eigenvalue weighted by Crippen LogP contribution is 2.43. The summed E-state index contributed by atoms with van der Waals surface area (Å²) in [5, 5.41) is 4.42. The maximum atomic E-state index is 6.06. The Morgan fingerprint density at radius 2 is 2.14 bits per heavy atom. The summed E-state index contributed by atoms with van der Waals surface area (Å²) < 4.78 is 0. The molecule has 1 aliphatic carbocycles. The lowest BCUT2D eigenvalue weighted by atomic mass is 10.2. The standard InChI is InChI=1S/C10H12Cl2N2/c1-2-13-10-8(12)5-7(11)9(14-10)6-3-4-6/h5-6H,2-4H2,1H3,(H,13,14). The van der Waals surface area contributed by atoms with Crippen LogP contribution >= 0.6 is 23.2 Å². The van der Waals surface area contributed by atoms with Gasteiger partial charge in [-0.05, 0) is 25.8 Å². The van der Waals surface area contributed by atoms with Crippen LogP contribution in [0.1, 0.15) is 31.4 Å². The maximum Gasteiger partial charge on any atom is 0.145 e. The average molecular weight is 231 g/mol. The molecule has 0 spiro atoms. The van der Waals surface area contributed by atoms with E-state index in [0.29, 0.717) is 16.0 Å². The van der Waals surface area contributed by atoms with Gasteiger partial charge in [0.1, 0.15) is 5.82 Å². The molecule has 0 radical (unpaired) electrons. The van der Waals surface area contributed by atoms with Crippen LogP contribution in [0, 0.1) is 0 Å². The van der Waals surface area contributed by atoms with E-state index in [2.05, 4.69) is 10.3 Å². The Hall–Kier alpha value is -0.470. The first kappa shape index (κ1) is 10.1. The Balaban J connectivity index is 2.35. The van der Waals surface area contributed by atoms with Gasteiger partial charge in [0.2, 0.25) is 0 Å². The van der Waals surface area contributed by atoms with Crippen LogP contribution in [-0.2, 0) is 0 Å². The predicted octanol–water partition coefficient (Wildman–Crippen LogP) is 3.70. The molecule has 0 unspecified atom stereocenters. The predicted molar refractivity (Wildman–Crippen MR) is 60.4 cm³/mol. The molecule has 1 aliphatic rings. The Morgan fingerprint density at radius 3 is 2.71 bits per heavy atom. The molecular formula is C10H12Cl2N2. The van der Waals surface area contributed by atoms with Gasteiger partial charge in [0.05, 0.1) is 15.7 Å². The lowest BCUT2D eigenvalue weighted by Crippen LogP contribution is -2.02. The van der Waals surface area contributed by atoms with Crippen molar-refractivity contribution in [3.63, 3.8) is 0 Å². The molecule has 2 nitrogen and oxygen atoms in total. The number of hydrogen-bond donors (Lipinski definition) is 1. The van der Waals surface area contributed by atoms with Crippen LogP contribution in [0.4, 0.5) is 5.82 Å². The molecule has 2 rings (SSSR count). The van der Waals surface area contributed by atoms with E-state index in [1.807, 2.05) is 6.92 Å². The first-order chi connectivity index (χ1) is 6.72. The maximum absolute atomic E-state index is 6.06. The Labute approximate surface area is 93.6 Å². The highest BCUT2D eigenvalue weighted by atomic mass is 35.5. The molecule has 14 heavy (non-hydrogen) atoms. The van der Waals surface area contributed by atoms with Crippen LogP contribution in [0.15, 0.2) is 6.07 Å². The van der Waals surface area contributed by atoms with Crippen molar-refractivity contribution in [3.8, 4) is 0 Å². The number of pyridine rings is 1. The summed E-state index contributed by atoms with van der Waals surface area (Å²) in [7, 11) is 0.